The molecule has 0 fully saturated rings. The van der Waals surface area contributed by atoms with Gasteiger partial charge in [-0.3, -0.25) is 0 Å². The maximum absolute atomic E-state index is 5.90. The van der Waals surface area contributed by atoms with E-state index in [2.05, 4.69) is 56.2 Å². The second kappa shape index (κ2) is 7.00. The molecule has 2 rings (SSSR count). The lowest BCUT2D eigenvalue weighted by Gasteiger charge is -2.09. The first-order valence-corrected chi connectivity index (χ1v) is 8.06. The SMILES string of the molecule is Cc1cc(C)c(C)c(Oc2nnc(CNCC(C)C)s2)c1. The van der Waals surface area contributed by atoms with Gasteiger partial charge in [-0.05, 0) is 56.0 Å². The molecule has 0 saturated heterocycles. The van der Waals surface area contributed by atoms with Crippen LogP contribution in [0.3, 0.4) is 0 Å². The predicted octanol–water partition coefficient (Wildman–Crippen LogP) is 4.00. The highest BCUT2D eigenvalue weighted by Gasteiger charge is 2.10. The fourth-order valence-corrected chi connectivity index (χ4v) is 2.69. The van der Waals surface area contributed by atoms with Gasteiger partial charge >= 0.3 is 0 Å². The van der Waals surface area contributed by atoms with Gasteiger partial charge in [-0.1, -0.05) is 36.3 Å². The quantitative estimate of drug-likeness (QED) is 0.876. The Morgan fingerprint density at radius 1 is 1.19 bits per heavy atom. The molecule has 0 saturated carbocycles. The average molecular weight is 305 g/mol. The van der Waals surface area contributed by atoms with Gasteiger partial charge in [0, 0.05) is 6.54 Å². The molecule has 5 heteroatoms. The van der Waals surface area contributed by atoms with Crippen molar-refractivity contribution in [1.82, 2.24) is 15.5 Å². The van der Waals surface area contributed by atoms with Gasteiger partial charge < -0.3 is 10.1 Å². The van der Waals surface area contributed by atoms with E-state index in [4.69, 9.17) is 4.74 Å². The van der Waals surface area contributed by atoms with Gasteiger partial charge in [0.2, 0.25) is 0 Å². The number of nitrogens with one attached hydrogen (secondary N) is 1. The Kier molecular flexibility index (Phi) is 5.31. The first-order valence-electron chi connectivity index (χ1n) is 7.24. The Morgan fingerprint density at radius 3 is 2.67 bits per heavy atom. The van der Waals surface area contributed by atoms with Crippen LogP contribution in [0.4, 0.5) is 0 Å². The zero-order chi connectivity index (χ0) is 15.4. The summed E-state index contributed by atoms with van der Waals surface area (Å²) in [6, 6.07) is 4.20. The highest BCUT2D eigenvalue weighted by molar-refractivity contribution is 7.13. The number of ether oxygens (including phenoxy) is 1. The molecule has 0 aliphatic rings. The molecule has 4 nitrogen and oxygen atoms in total. The molecule has 0 atom stereocenters. The molecule has 1 aromatic carbocycles. The number of benzene rings is 1. The van der Waals surface area contributed by atoms with Gasteiger partial charge in [0.05, 0.1) is 0 Å². The minimum Gasteiger partial charge on any atom is -0.430 e. The van der Waals surface area contributed by atoms with E-state index in [1.807, 2.05) is 6.07 Å². The molecule has 0 unspecified atom stereocenters. The van der Waals surface area contributed by atoms with Crippen LogP contribution in [0.5, 0.6) is 10.9 Å². The van der Waals surface area contributed by atoms with Crippen molar-refractivity contribution in [3.63, 3.8) is 0 Å². The third-order valence-corrected chi connectivity index (χ3v) is 4.04. The summed E-state index contributed by atoms with van der Waals surface area (Å²) in [7, 11) is 0. The molecule has 1 aromatic heterocycles. The van der Waals surface area contributed by atoms with E-state index in [9.17, 15) is 0 Å². The zero-order valence-corrected chi connectivity index (χ0v) is 14.2. The van der Waals surface area contributed by atoms with Crippen LogP contribution in [0.15, 0.2) is 12.1 Å². The Bertz CT molecular complexity index is 608. The van der Waals surface area contributed by atoms with Crippen LogP contribution in [0, 0.1) is 26.7 Å². The van der Waals surface area contributed by atoms with Crippen molar-refractivity contribution in [3.05, 3.63) is 33.8 Å². The fraction of sp³-hybridized carbons (Fsp3) is 0.500. The molecule has 0 amide bonds. The summed E-state index contributed by atoms with van der Waals surface area (Å²) in [5.41, 5.74) is 3.57. The molecule has 0 bridgehead atoms. The second-order valence-corrected chi connectivity index (χ2v) is 6.82. The average Bonchev–Trinajstić information content (AvgIpc) is 2.82. The van der Waals surface area contributed by atoms with Crippen LogP contribution >= 0.6 is 11.3 Å². The lowest BCUT2D eigenvalue weighted by molar-refractivity contribution is 0.468. The van der Waals surface area contributed by atoms with Gasteiger partial charge in [-0.2, -0.15) is 0 Å². The molecule has 0 aliphatic heterocycles. The first kappa shape index (κ1) is 15.9. The van der Waals surface area contributed by atoms with E-state index >= 15 is 0 Å². The Morgan fingerprint density at radius 2 is 1.95 bits per heavy atom. The van der Waals surface area contributed by atoms with Crippen LogP contribution in [0.25, 0.3) is 0 Å². The maximum Gasteiger partial charge on any atom is 0.299 e. The number of rotatable bonds is 6. The lowest BCUT2D eigenvalue weighted by Crippen LogP contribution is -2.18. The Balaban J connectivity index is 2.02. The fourth-order valence-electron chi connectivity index (χ4n) is 2.02. The standard InChI is InChI=1S/C16H23N3OS/c1-10(2)8-17-9-15-18-19-16(21-15)20-14-7-11(3)6-12(4)13(14)5/h6-7,10,17H,8-9H2,1-5H3. The predicted molar refractivity (Wildman–Crippen MR) is 87.2 cm³/mol. The highest BCUT2D eigenvalue weighted by atomic mass is 32.1. The highest BCUT2D eigenvalue weighted by Crippen LogP contribution is 2.30. The molecular weight excluding hydrogens is 282 g/mol. The normalized spacial score (nSPS) is 11.1. The summed E-state index contributed by atoms with van der Waals surface area (Å²) >= 11 is 1.49. The van der Waals surface area contributed by atoms with Crippen LogP contribution in [-0.2, 0) is 6.54 Å². The number of nitrogens with zero attached hydrogens (tertiary/aromatic N) is 2. The van der Waals surface area contributed by atoms with E-state index < -0.39 is 0 Å². The van der Waals surface area contributed by atoms with Crippen LogP contribution < -0.4 is 10.1 Å². The summed E-state index contributed by atoms with van der Waals surface area (Å²) in [4.78, 5) is 0. The van der Waals surface area contributed by atoms with E-state index in [-0.39, 0.29) is 0 Å². The van der Waals surface area contributed by atoms with E-state index in [0.717, 1.165) is 29.4 Å². The molecule has 1 N–H and O–H groups in total. The molecule has 21 heavy (non-hydrogen) atoms. The summed E-state index contributed by atoms with van der Waals surface area (Å²) in [6.07, 6.45) is 0. The van der Waals surface area contributed by atoms with Crippen molar-refractivity contribution in [2.45, 2.75) is 41.2 Å². The van der Waals surface area contributed by atoms with E-state index in [0.29, 0.717) is 11.1 Å². The van der Waals surface area contributed by atoms with Crippen LogP contribution in [0.2, 0.25) is 0 Å². The minimum atomic E-state index is 0.601. The van der Waals surface area contributed by atoms with Crippen LogP contribution in [-0.4, -0.2) is 16.7 Å². The molecule has 0 radical (unpaired) electrons. The van der Waals surface area contributed by atoms with Crippen molar-refractivity contribution in [3.8, 4) is 10.9 Å². The van der Waals surface area contributed by atoms with Crippen molar-refractivity contribution >= 4 is 11.3 Å². The maximum atomic E-state index is 5.90. The van der Waals surface area contributed by atoms with Gasteiger partial charge in [-0.15, -0.1) is 5.10 Å². The number of hydrogen-bond acceptors (Lipinski definition) is 5. The molecule has 0 aliphatic carbocycles. The van der Waals surface area contributed by atoms with Gasteiger partial charge in [0.25, 0.3) is 5.19 Å². The summed E-state index contributed by atoms with van der Waals surface area (Å²) in [5, 5.41) is 13.2. The van der Waals surface area contributed by atoms with Crippen molar-refractivity contribution in [2.24, 2.45) is 5.92 Å². The van der Waals surface area contributed by atoms with Crippen molar-refractivity contribution < 1.29 is 4.74 Å². The molecule has 2 aromatic rings. The Labute approximate surface area is 130 Å². The van der Waals surface area contributed by atoms with Crippen molar-refractivity contribution in [1.29, 1.82) is 0 Å². The van der Waals surface area contributed by atoms with E-state index in [1.54, 1.807) is 0 Å². The summed E-state index contributed by atoms with van der Waals surface area (Å²) in [5.74, 6) is 1.50. The summed E-state index contributed by atoms with van der Waals surface area (Å²) in [6.45, 7) is 12.3. The molecule has 1 heterocycles. The zero-order valence-electron chi connectivity index (χ0n) is 13.4. The van der Waals surface area contributed by atoms with E-state index in [1.165, 1.54) is 22.5 Å². The molecule has 114 valence electrons. The monoisotopic (exact) mass is 305 g/mol. The third kappa shape index (κ3) is 4.51. The number of aryl methyl sites for hydroxylation is 2. The van der Waals surface area contributed by atoms with Crippen LogP contribution in [0.1, 0.15) is 35.5 Å². The number of hydrogen-bond donors (Lipinski definition) is 1. The topological polar surface area (TPSA) is 47.0 Å². The Hall–Kier alpha value is -1.46. The molecular formula is C16H23N3OS. The van der Waals surface area contributed by atoms with Crippen molar-refractivity contribution in [2.75, 3.05) is 6.54 Å². The first-order chi connectivity index (χ1) is 9.95. The third-order valence-electron chi connectivity index (χ3n) is 3.24. The van der Waals surface area contributed by atoms with Gasteiger partial charge in [-0.25, -0.2) is 0 Å². The smallest absolute Gasteiger partial charge is 0.299 e. The summed E-state index contributed by atoms with van der Waals surface area (Å²) < 4.78 is 5.90. The molecule has 0 spiro atoms. The minimum absolute atomic E-state index is 0.601. The number of aromatic nitrogens is 2. The van der Waals surface area contributed by atoms with Gasteiger partial charge in [0.15, 0.2) is 0 Å². The largest absolute Gasteiger partial charge is 0.430 e. The second-order valence-electron chi connectivity index (χ2n) is 5.79. The van der Waals surface area contributed by atoms with Gasteiger partial charge in [0.1, 0.15) is 10.8 Å². The lowest BCUT2D eigenvalue weighted by atomic mass is 10.1.